The molecule has 1 rings (SSSR count). The van der Waals surface area contributed by atoms with Gasteiger partial charge in [-0.25, -0.2) is 0 Å². The molecule has 0 aliphatic carbocycles. The molecule has 1 fully saturated rings. The molecule has 0 radical (unpaired) electrons. The number of morpholine rings is 1. The van der Waals surface area contributed by atoms with Gasteiger partial charge in [-0.1, -0.05) is 13.8 Å². The van der Waals surface area contributed by atoms with Gasteiger partial charge in [-0.05, 0) is 26.7 Å². The van der Waals surface area contributed by atoms with Crippen molar-refractivity contribution in [3.05, 3.63) is 0 Å². The van der Waals surface area contributed by atoms with E-state index in [1.165, 1.54) is 12.8 Å². The zero-order valence-electron chi connectivity index (χ0n) is 9.42. The van der Waals surface area contributed by atoms with Crippen molar-refractivity contribution in [3.8, 4) is 0 Å². The molecule has 0 aromatic carbocycles. The molecule has 0 spiro atoms. The van der Waals surface area contributed by atoms with E-state index in [4.69, 9.17) is 4.74 Å². The molecule has 2 atom stereocenters. The summed E-state index contributed by atoms with van der Waals surface area (Å²) >= 11 is 0. The highest BCUT2D eigenvalue weighted by molar-refractivity contribution is 4.78. The van der Waals surface area contributed by atoms with Crippen LogP contribution >= 0.6 is 0 Å². The summed E-state index contributed by atoms with van der Waals surface area (Å²) in [5, 5.41) is 0. The van der Waals surface area contributed by atoms with Crippen LogP contribution in [-0.4, -0.2) is 36.2 Å². The average molecular weight is 185 g/mol. The van der Waals surface area contributed by atoms with Gasteiger partial charge >= 0.3 is 0 Å². The van der Waals surface area contributed by atoms with Crippen molar-refractivity contribution in [1.82, 2.24) is 4.90 Å². The Hall–Kier alpha value is -0.0800. The fraction of sp³-hybridized carbons (Fsp3) is 1.00. The molecule has 1 aliphatic heterocycles. The molecule has 2 heteroatoms. The molecule has 0 amide bonds. The Labute approximate surface area is 82.3 Å². The van der Waals surface area contributed by atoms with Crippen molar-refractivity contribution in [2.75, 3.05) is 13.1 Å². The lowest BCUT2D eigenvalue weighted by Crippen LogP contribution is -2.49. The van der Waals surface area contributed by atoms with Gasteiger partial charge in [-0.15, -0.1) is 0 Å². The third kappa shape index (κ3) is 2.96. The van der Waals surface area contributed by atoms with E-state index in [9.17, 15) is 0 Å². The molecule has 0 unspecified atom stereocenters. The van der Waals surface area contributed by atoms with Crippen molar-refractivity contribution < 1.29 is 4.74 Å². The average Bonchev–Trinajstić information content (AvgIpc) is 2.04. The van der Waals surface area contributed by atoms with E-state index >= 15 is 0 Å². The summed E-state index contributed by atoms with van der Waals surface area (Å²) < 4.78 is 5.71. The quantitative estimate of drug-likeness (QED) is 0.669. The molecule has 1 saturated heterocycles. The highest BCUT2D eigenvalue weighted by Gasteiger charge is 2.25. The molecule has 0 N–H and O–H groups in total. The lowest BCUT2D eigenvalue weighted by Gasteiger charge is -2.39. The Morgan fingerprint density at radius 2 is 1.62 bits per heavy atom. The first-order chi connectivity index (χ1) is 6.17. The van der Waals surface area contributed by atoms with E-state index in [2.05, 4.69) is 32.6 Å². The summed E-state index contributed by atoms with van der Waals surface area (Å²) in [4.78, 5) is 2.58. The first kappa shape index (κ1) is 11.0. The largest absolute Gasteiger partial charge is 0.373 e. The summed E-state index contributed by atoms with van der Waals surface area (Å²) in [6, 6.07) is 0.758. The molecule has 78 valence electrons. The van der Waals surface area contributed by atoms with E-state index in [0.29, 0.717) is 12.2 Å². The maximum absolute atomic E-state index is 5.71. The van der Waals surface area contributed by atoms with E-state index in [1.54, 1.807) is 0 Å². The second kappa shape index (κ2) is 4.97. The lowest BCUT2D eigenvalue weighted by molar-refractivity contribution is -0.0810. The Morgan fingerprint density at radius 3 is 2.00 bits per heavy atom. The summed E-state index contributed by atoms with van der Waals surface area (Å²) in [6.07, 6.45) is 3.33. The van der Waals surface area contributed by atoms with Crippen LogP contribution in [0.4, 0.5) is 0 Å². The monoisotopic (exact) mass is 185 g/mol. The number of hydrogen-bond donors (Lipinski definition) is 0. The molecule has 0 aromatic rings. The first-order valence-electron chi connectivity index (χ1n) is 5.56. The van der Waals surface area contributed by atoms with Gasteiger partial charge in [0.1, 0.15) is 0 Å². The van der Waals surface area contributed by atoms with Crippen LogP contribution in [0.1, 0.15) is 40.5 Å². The van der Waals surface area contributed by atoms with Crippen LogP contribution in [0, 0.1) is 0 Å². The van der Waals surface area contributed by atoms with Gasteiger partial charge < -0.3 is 4.74 Å². The van der Waals surface area contributed by atoms with Gasteiger partial charge in [0.05, 0.1) is 12.2 Å². The van der Waals surface area contributed by atoms with Gasteiger partial charge in [0, 0.05) is 19.1 Å². The van der Waals surface area contributed by atoms with E-state index in [1.807, 2.05) is 0 Å². The van der Waals surface area contributed by atoms with Crippen LogP contribution in [0.15, 0.2) is 0 Å². The zero-order chi connectivity index (χ0) is 9.84. The minimum absolute atomic E-state index is 0.407. The topological polar surface area (TPSA) is 12.5 Å². The number of ether oxygens (including phenoxy) is 1. The molecule has 13 heavy (non-hydrogen) atoms. The van der Waals surface area contributed by atoms with Crippen LogP contribution in [0.3, 0.4) is 0 Å². The maximum atomic E-state index is 5.71. The second-order valence-electron chi connectivity index (χ2n) is 4.18. The fourth-order valence-corrected chi connectivity index (χ4v) is 2.32. The summed E-state index contributed by atoms with van der Waals surface area (Å²) in [5.74, 6) is 0. The Kier molecular flexibility index (Phi) is 4.20. The van der Waals surface area contributed by atoms with Gasteiger partial charge in [0.25, 0.3) is 0 Å². The standard InChI is InChI=1S/C11H23NO/c1-5-11(6-2)12-7-9(3)13-10(4)8-12/h9-11H,5-8H2,1-4H3/t9-,10+. The van der Waals surface area contributed by atoms with Gasteiger partial charge in [-0.2, -0.15) is 0 Å². The molecular formula is C11H23NO. The number of rotatable bonds is 3. The van der Waals surface area contributed by atoms with Crippen molar-refractivity contribution in [3.63, 3.8) is 0 Å². The van der Waals surface area contributed by atoms with Crippen LogP contribution < -0.4 is 0 Å². The third-order valence-corrected chi connectivity index (χ3v) is 2.91. The highest BCUT2D eigenvalue weighted by Crippen LogP contribution is 2.16. The van der Waals surface area contributed by atoms with E-state index in [-0.39, 0.29) is 0 Å². The predicted molar refractivity (Wildman–Crippen MR) is 56.0 cm³/mol. The normalized spacial score (nSPS) is 31.2. The molecule has 2 nitrogen and oxygen atoms in total. The van der Waals surface area contributed by atoms with E-state index in [0.717, 1.165) is 19.1 Å². The third-order valence-electron chi connectivity index (χ3n) is 2.91. The van der Waals surface area contributed by atoms with Crippen LogP contribution in [-0.2, 0) is 4.74 Å². The van der Waals surface area contributed by atoms with Crippen LogP contribution in [0.25, 0.3) is 0 Å². The lowest BCUT2D eigenvalue weighted by atomic mass is 10.1. The summed E-state index contributed by atoms with van der Waals surface area (Å²) in [7, 11) is 0. The van der Waals surface area contributed by atoms with Gasteiger partial charge in [0.2, 0.25) is 0 Å². The molecule has 1 aliphatic rings. The highest BCUT2D eigenvalue weighted by atomic mass is 16.5. The minimum Gasteiger partial charge on any atom is -0.373 e. The predicted octanol–water partition coefficient (Wildman–Crippen LogP) is 2.28. The summed E-state index contributed by atoms with van der Waals surface area (Å²) in [6.45, 7) is 11.1. The van der Waals surface area contributed by atoms with Crippen molar-refractivity contribution in [1.29, 1.82) is 0 Å². The molecule has 1 heterocycles. The summed E-state index contributed by atoms with van der Waals surface area (Å²) in [5.41, 5.74) is 0. The molecular weight excluding hydrogens is 162 g/mol. The number of hydrogen-bond acceptors (Lipinski definition) is 2. The smallest absolute Gasteiger partial charge is 0.0678 e. The minimum atomic E-state index is 0.407. The van der Waals surface area contributed by atoms with Gasteiger partial charge in [0.15, 0.2) is 0 Å². The van der Waals surface area contributed by atoms with Crippen molar-refractivity contribution >= 4 is 0 Å². The van der Waals surface area contributed by atoms with E-state index < -0.39 is 0 Å². The number of nitrogens with zero attached hydrogens (tertiary/aromatic N) is 1. The van der Waals surface area contributed by atoms with Crippen molar-refractivity contribution in [2.24, 2.45) is 0 Å². The van der Waals surface area contributed by atoms with Crippen LogP contribution in [0.5, 0.6) is 0 Å². The fourth-order valence-electron chi connectivity index (χ4n) is 2.32. The molecule has 0 aromatic heterocycles. The molecule has 0 saturated carbocycles. The Morgan fingerprint density at radius 1 is 1.15 bits per heavy atom. The van der Waals surface area contributed by atoms with Crippen molar-refractivity contribution in [2.45, 2.75) is 58.8 Å². The maximum Gasteiger partial charge on any atom is 0.0678 e. The molecule has 0 bridgehead atoms. The Balaban J connectivity index is 2.48. The SMILES string of the molecule is CCC(CC)N1C[C@@H](C)O[C@@H](C)C1. The van der Waals surface area contributed by atoms with Gasteiger partial charge in [-0.3, -0.25) is 4.90 Å². The second-order valence-corrected chi connectivity index (χ2v) is 4.18. The van der Waals surface area contributed by atoms with Crippen LogP contribution in [0.2, 0.25) is 0 Å². The zero-order valence-corrected chi connectivity index (χ0v) is 9.42. The first-order valence-corrected chi connectivity index (χ1v) is 5.56. The Bertz CT molecular complexity index is 135.